The summed E-state index contributed by atoms with van der Waals surface area (Å²) in [6, 6.07) is 5.21. The summed E-state index contributed by atoms with van der Waals surface area (Å²) in [4.78, 5) is 31.8. The van der Waals surface area contributed by atoms with Gasteiger partial charge in [-0.15, -0.1) is 0 Å². The van der Waals surface area contributed by atoms with Gasteiger partial charge in [0.05, 0.1) is 28.1 Å². The van der Waals surface area contributed by atoms with Crippen molar-refractivity contribution in [1.29, 1.82) is 0 Å². The van der Waals surface area contributed by atoms with Crippen molar-refractivity contribution in [2.24, 2.45) is 12.5 Å². The van der Waals surface area contributed by atoms with Gasteiger partial charge in [-0.3, -0.25) is 9.36 Å². The molecule has 2 aromatic carbocycles. The highest BCUT2D eigenvalue weighted by atomic mass is 35.5. The predicted octanol–water partition coefficient (Wildman–Crippen LogP) is 5.86. The van der Waals surface area contributed by atoms with Crippen molar-refractivity contribution in [1.82, 2.24) is 9.55 Å². The van der Waals surface area contributed by atoms with Crippen LogP contribution in [0.1, 0.15) is 60.1 Å². The molecule has 0 amide bonds. The van der Waals surface area contributed by atoms with Gasteiger partial charge in [-0.2, -0.15) is 13.2 Å². The number of fused-ring (bicyclic) bond motifs is 1. The maximum Gasteiger partial charge on any atom is 0.416 e. The first kappa shape index (κ1) is 25.4. The molecule has 1 atom stereocenters. The molecule has 196 valence electrons. The summed E-state index contributed by atoms with van der Waals surface area (Å²) in [5, 5.41) is 12.6. The summed E-state index contributed by atoms with van der Waals surface area (Å²) in [7, 11) is 1.53. The fourth-order valence-corrected chi connectivity index (χ4v) is 5.33. The molecule has 1 saturated carbocycles. The van der Waals surface area contributed by atoms with Crippen LogP contribution in [0, 0.1) is 5.41 Å². The number of anilines is 2. The molecule has 1 aromatic heterocycles. The number of benzene rings is 2. The smallest absolute Gasteiger partial charge is 0.416 e. The lowest BCUT2D eigenvalue weighted by molar-refractivity contribution is -0.137. The normalized spacial score (nSPS) is 17.7. The molecule has 11 heteroatoms. The average Bonchev–Trinajstić information content (AvgIpc) is 3.60. The van der Waals surface area contributed by atoms with Gasteiger partial charge in [-0.25, -0.2) is 9.78 Å². The van der Waals surface area contributed by atoms with Crippen LogP contribution in [0.3, 0.4) is 0 Å². The molecule has 37 heavy (non-hydrogen) atoms. The number of alkyl halides is 3. The van der Waals surface area contributed by atoms with Crippen LogP contribution in [0.25, 0.3) is 10.9 Å². The minimum Gasteiger partial charge on any atom is -0.478 e. The monoisotopic (exact) mass is 534 g/mol. The third kappa shape index (κ3) is 4.74. The van der Waals surface area contributed by atoms with Gasteiger partial charge in [0.1, 0.15) is 0 Å². The molecule has 1 aliphatic carbocycles. The number of nitrogens with zero attached hydrogens (tertiary/aromatic N) is 3. The van der Waals surface area contributed by atoms with Crippen LogP contribution in [-0.4, -0.2) is 33.7 Å². The van der Waals surface area contributed by atoms with Crippen LogP contribution in [0.15, 0.2) is 35.1 Å². The predicted molar refractivity (Wildman–Crippen MR) is 136 cm³/mol. The van der Waals surface area contributed by atoms with E-state index in [0.29, 0.717) is 11.4 Å². The largest absolute Gasteiger partial charge is 0.478 e. The second-order valence-corrected chi connectivity index (χ2v) is 10.5. The van der Waals surface area contributed by atoms with E-state index in [4.69, 9.17) is 16.6 Å². The second kappa shape index (κ2) is 8.93. The Morgan fingerprint density at radius 2 is 1.84 bits per heavy atom. The Hall–Kier alpha value is -3.27. The first-order chi connectivity index (χ1) is 17.4. The zero-order valence-corrected chi connectivity index (χ0v) is 21.1. The summed E-state index contributed by atoms with van der Waals surface area (Å²) in [5.74, 6) is -0.821. The van der Waals surface area contributed by atoms with Crippen LogP contribution in [0.2, 0.25) is 5.02 Å². The number of nitrogens with one attached hydrogen (secondary N) is 1. The van der Waals surface area contributed by atoms with E-state index in [1.54, 1.807) is 6.92 Å². The van der Waals surface area contributed by atoms with E-state index in [-0.39, 0.29) is 32.7 Å². The Kier molecular flexibility index (Phi) is 6.13. The van der Waals surface area contributed by atoms with Gasteiger partial charge in [0.2, 0.25) is 5.95 Å². The van der Waals surface area contributed by atoms with Crippen molar-refractivity contribution >= 4 is 40.1 Å². The number of rotatable bonds is 5. The SMILES string of the molecule is C[C@@H](Nc1ccc(Cl)cc1C(=O)O)c1cc(C(F)(F)F)cc2c(=O)n(C)c(N3CCC4(CC3)CC4)nc12. The molecule has 3 aromatic rings. The first-order valence-corrected chi connectivity index (χ1v) is 12.4. The second-order valence-electron chi connectivity index (χ2n) is 10.1. The summed E-state index contributed by atoms with van der Waals surface area (Å²) in [6.45, 7) is 3.05. The van der Waals surface area contributed by atoms with Gasteiger partial charge >= 0.3 is 12.1 Å². The average molecular weight is 535 g/mol. The molecule has 5 rings (SSSR count). The zero-order valence-electron chi connectivity index (χ0n) is 20.3. The molecule has 0 unspecified atom stereocenters. The maximum absolute atomic E-state index is 13.8. The zero-order chi connectivity index (χ0) is 26.7. The van der Waals surface area contributed by atoms with Gasteiger partial charge in [-0.1, -0.05) is 11.6 Å². The molecule has 1 aliphatic heterocycles. The van der Waals surface area contributed by atoms with Crippen molar-refractivity contribution < 1.29 is 23.1 Å². The highest BCUT2D eigenvalue weighted by Gasteiger charge is 2.45. The lowest BCUT2D eigenvalue weighted by Gasteiger charge is -2.34. The molecule has 1 saturated heterocycles. The first-order valence-electron chi connectivity index (χ1n) is 12.0. The minimum atomic E-state index is -4.69. The van der Waals surface area contributed by atoms with Crippen LogP contribution in [0.4, 0.5) is 24.8 Å². The number of carboxylic acid groups (broad SMARTS) is 1. The number of hydrogen-bond donors (Lipinski definition) is 2. The highest BCUT2D eigenvalue weighted by Crippen LogP contribution is 2.53. The van der Waals surface area contributed by atoms with Crippen molar-refractivity contribution in [2.75, 3.05) is 23.3 Å². The number of aromatic carboxylic acids is 1. The van der Waals surface area contributed by atoms with Crippen molar-refractivity contribution in [3.8, 4) is 0 Å². The number of piperidine rings is 1. The Morgan fingerprint density at radius 3 is 2.43 bits per heavy atom. The Labute approximate surface area is 215 Å². The van der Waals surface area contributed by atoms with E-state index >= 15 is 0 Å². The molecule has 1 spiro atoms. The molecule has 0 bridgehead atoms. The summed E-state index contributed by atoms with van der Waals surface area (Å²) in [5.41, 5.74) is -0.776. The topological polar surface area (TPSA) is 87.5 Å². The molecular formula is C26H26ClF3N4O3. The van der Waals surface area contributed by atoms with E-state index in [0.717, 1.165) is 38.1 Å². The van der Waals surface area contributed by atoms with Gasteiger partial charge in [0, 0.05) is 36.4 Å². The fourth-order valence-electron chi connectivity index (χ4n) is 5.16. The van der Waals surface area contributed by atoms with E-state index in [1.807, 2.05) is 4.90 Å². The Bertz CT molecular complexity index is 1460. The quantitative estimate of drug-likeness (QED) is 0.426. The molecule has 2 aliphatic rings. The Balaban J connectivity index is 1.63. The van der Waals surface area contributed by atoms with E-state index in [1.165, 1.54) is 42.7 Å². The number of aromatic nitrogens is 2. The van der Waals surface area contributed by atoms with Crippen LogP contribution < -0.4 is 15.8 Å². The molecule has 2 N–H and O–H groups in total. The molecule has 0 radical (unpaired) electrons. The molecule has 2 heterocycles. The standard InChI is InChI=1S/C26H26ClF3N4O3/c1-14(31-20-4-3-16(27)13-18(20)23(36)37)17-11-15(26(28,29)30)12-19-21(17)32-24(33(2)22(19)35)34-9-7-25(5-6-25)8-10-34/h3-4,11-14,31H,5-10H2,1-2H3,(H,36,37)/t14-/m1/s1. The number of halogens is 4. The third-order valence-corrected chi connectivity index (χ3v) is 7.86. The lowest BCUT2D eigenvalue weighted by Crippen LogP contribution is -2.38. The minimum absolute atomic E-state index is 0.123. The highest BCUT2D eigenvalue weighted by molar-refractivity contribution is 6.31. The van der Waals surface area contributed by atoms with Crippen LogP contribution in [-0.2, 0) is 13.2 Å². The molecular weight excluding hydrogens is 509 g/mol. The van der Waals surface area contributed by atoms with Gasteiger partial charge in [0.15, 0.2) is 0 Å². The van der Waals surface area contributed by atoms with Crippen molar-refractivity contribution in [3.05, 3.63) is 62.4 Å². The van der Waals surface area contributed by atoms with Crippen LogP contribution >= 0.6 is 11.6 Å². The number of carbonyl (C=O) groups is 1. The Morgan fingerprint density at radius 1 is 1.16 bits per heavy atom. The lowest BCUT2D eigenvalue weighted by atomic mass is 9.94. The summed E-state index contributed by atoms with van der Waals surface area (Å²) < 4.78 is 42.8. The third-order valence-electron chi connectivity index (χ3n) is 7.63. The van der Waals surface area contributed by atoms with Crippen molar-refractivity contribution in [3.63, 3.8) is 0 Å². The van der Waals surface area contributed by atoms with E-state index < -0.39 is 29.3 Å². The molecule has 7 nitrogen and oxygen atoms in total. The van der Waals surface area contributed by atoms with Gasteiger partial charge in [-0.05, 0) is 68.4 Å². The van der Waals surface area contributed by atoms with Gasteiger partial charge < -0.3 is 15.3 Å². The summed E-state index contributed by atoms with van der Waals surface area (Å²) >= 11 is 5.94. The van der Waals surface area contributed by atoms with Gasteiger partial charge in [0.25, 0.3) is 5.56 Å². The number of hydrogen-bond acceptors (Lipinski definition) is 5. The van der Waals surface area contributed by atoms with E-state index in [9.17, 15) is 27.9 Å². The number of carboxylic acids is 1. The maximum atomic E-state index is 13.8. The molecule has 2 fully saturated rings. The summed E-state index contributed by atoms with van der Waals surface area (Å²) in [6.07, 6.45) is -0.284. The van der Waals surface area contributed by atoms with Crippen LogP contribution in [0.5, 0.6) is 0 Å². The fraction of sp³-hybridized carbons (Fsp3) is 0.423. The van der Waals surface area contributed by atoms with Crippen molar-refractivity contribution in [2.45, 2.75) is 44.8 Å². The van der Waals surface area contributed by atoms with E-state index in [2.05, 4.69) is 5.32 Å².